The molecule has 0 aromatic rings. The molecule has 0 spiro atoms. The van der Waals surface area contributed by atoms with E-state index in [2.05, 4.69) is 72.8 Å². The first kappa shape index (κ1) is 97.5. The first-order valence-electron chi connectivity index (χ1n) is 41.2. The first-order chi connectivity index (χ1) is 48.2. The van der Waals surface area contributed by atoms with Gasteiger partial charge in [0, 0.05) is 25.7 Å². The Morgan fingerprint density at radius 2 is 0.540 bits per heavy atom. The lowest BCUT2D eigenvalue weighted by Crippen LogP contribution is -2.30. The molecule has 0 saturated carbocycles. The molecule has 0 bridgehead atoms. The van der Waals surface area contributed by atoms with Crippen LogP contribution < -0.4 is 0 Å². The van der Waals surface area contributed by atoms with Crippen molar-refractivity contribution in [3.05, 3.63) is 24.3 Å². The topological polar surface area (TPSA) is 237 Å². The Morgan fingerprint density at radius 3 is 0.810 bits per heavy atom. The van der Waals surface area contributed by atoms with Gasteiger partial charge in [-0.05, 0) is 69.1 Å². The summed E-state index contributed by atoms with van der Waals surface area (Å²) in [6.45, 7) is 11.9. The minimum Gasteiger partial charge on any atom is -0.462 e. The van der Waals surface area contributed by atoms with Gasteiger partial charge in [0.25, 0.3) is 0 Å². The number of aliphatic hydroxyl groups excluding tert-OH is 1. The zero-order valence-electron chi connectivity index (χ0n) is 65.2. The second kappa shape index (κ2) is 70.8. The molecule has 0 fully saturated rings. The second-order valence-electron chi connectivity index (χ2n) is 29.9. The van der Waals surface area contributed by atoms with E-state index in [4.69, 9.17) is 37.0 Å². The van der Waals surface area contributed by atoms with Gasteiger partial charge >= 0.3 is 39.5 Å². The van der Waals surface area contributed by atoms with Crippen molar-refractivity contribution in [3.8, 4) is 0 Å². The Labute approximate surface area is 612 Å². The number of carbonyl (C=O) groups is 4. The van der Waals surface area contributed by atoms with E-state index in [1.807, 2.05) is 0 Å². The van der Waals surface area contributed by atoms with Crippen molar-refractivity contribution in [2.75, 3.05) is 39.6 Å². The van der Waals surface area contributed by atoms with Crippen LogP contribution in [0.2, 0.25) is 0 Å². The van der Waals surface area contributed by atoms with Gasteiger partial charge in [0.1, 0.15) is 19.3 Å². The minimum atomic E-state index is -4.97. The molecule has 100 heavy (non-hydrogen) atoms. The fourth-order valence-electron chi connectivity index (χ4n) is 11.9. The van der Waals surface area contributed by atoms with E-state index in [1.54, 1.807) is 0 Å². The number of allylic oxidation sites excluding steroid dienone is 4. The fraction of sp³-hybridized carbons (Fsp3) is 0.901. The number of ether oxygens (including phenoxy) is 4. The van der Waals surface area contributed by atoms with Gasteiger partial charge in [-0.3, -0.25) is 37.3 Å². The number of esters is 4. The summed E-state index contributed by atoms with van der Waals surface area (Å²) >= 11 is 0. The Morgan fingerprint density at radius 1 is 0.310 bits per heavy atom. The van der Waals surface area contributed by atoms with Crippen molar-refractivity contribution in [1.82, 2.24) is 0 Å². The highest BCUT2D eigenvalue weighted by Gasteiger charge is 2.30. The number of carbonyl (C=O) groups excluding carboxylic acids is 4. The number of hydrogen-bond acceptors (Lipinski definition) is 15. The quantitative estimate of drug-likeness (QED) is 0.0169. The standard InChI is InChI=1S/C81H154O17P2/c1-8-9-10-11-12-13-14-15-18-22-25-34-41-48-55-62-78(83)91-68-76(97-80(85)64-57-50-43-36-26-23-20-17-16-19-21-24-31-38-45-52-59-72(2)3)70-95-99(87,88)93-66-75(82)67-94-100(89,90)96-71-77(98-81(86)65-58-51-44-37-30-28-33-40-47-54-61-74(6)7)69-92-79(84)63-56-49-42-35-29-27-32-39-46-53-60-73(4)5/h13-15,18,72-77,82H,8-12,16-17,19-71H2,1-7H3,(H,87,88)(H,89,90)/b14-13-,18-15-/t75-,76-,77-/m1/s1. The van der Waals surface area contributed by atoms with Crippen LogP contribution in [0.15, 0.2) is 24.3 Å². The van der Waals surface area contributed by atoms with Crippen LogP contribution in [0.1, 0.15) is 395 Å². The van der Waals surface area contributed by atoms with E-state index in [1.165, 1.54) is 186 Å². The average Bonchev–Trinajstić information content (AvgIpc) is 0.979. The predicted octanol–water partition coefficient (Wildman–Crippen LogP) is 23.7. The Hall–Kier alpha value is -2.46. The maximum absolute atomic E-state index is 13.1. The highest BCUT2D eigenvalue weighted by molar-refractivity contribution is 7.47. The molecule has 5 atom stereocenters. The molecule has 0 amide bonds. The smallest absolute Gasteiger partial charge is 0.462 e. The molecule has 0 heterocycles. The average molecular weight is 1460 g/mol. The van der Waals surface area contributed by atoms with Crippen molar-refractivity contribution in [2.45, 2.75) is 414 Å². The highest BCUT2D eigenvalue weighted by Crippen LogP contribution is 2.45. The van der Waals surface area contributed by atoms with Crippen molar-refractivity contribution in [1.29, 1.82) is 0 Å². The van der Waals surface area contributed by atoms with Crippen LogP contribution in [0.4, 0.5) is 0 Å². The van der Waals surface area contributed by atoms with Gasteiger partial charge in [-0.2, -0.15) is 0 Å². The van der Waals surface area contributed by atoms with E-state index in [9.17, 15) is 43.2 Å². The Kier molecular flexibility index (Phi) is 69.1. The summed E-state index contributed by atoms with van der Waals surface area (Å²) in [7, 11) is -9.93. The molecule has 3 N–H and O–H groups in total. The number of aliphatic hydroxyl groups is 1. The van der Waals surface area contributed by atoms with Crippen molar-refractivity contribution >= 4 is 39.5 Å². The summed E-state index contributed by atoms with van der Waals surface area (Å²) < 4.78 is 68.7. The fourth-order valence-corrected chi connectivity index (χ4v) is 13.5. The van der Waals surface area contributed by atoms with E-state index in [-0.39, 0.29) is 25.7 Å². The summed E-state index contributed by atoms with van der Waals surface area (Å²) in [5, 5.41) is 10.6. The van der Waals surface area contributed by atoms with E-state index < -0.39 is 97.5 Å². The molecular formula is C81H154O17P2. The monoisotopic (exact) mass is 1460 g/mol. The zero-order valence-corrected chi connectivity index (χ0v) is 66.9. The van der Waals surface area contributed by atoms with Gasteiger partial charge in [-0.25, -0.2) is 9.13 Å². The van der Waals surface area contributed by atoms with Gasteiger partial charge in [0.15, 0.2) is 12.2 Å². The van der Waals surface area contributed by atoms with Gasteiger partial charge in [0.05, 0.1) is 26.4 Å². The number of phosphoric ester groups is 2. The molecule has 590 valence electrons. The largest absolute Gasteiger partial charge is 0.472 e. The van der Waals surface area contributed by atoms with Crippen LogP contribution >= 0.6 is 15.6 Å². The normalized spacial score (nSPS) is 14.1. The summed E-state index contributed by atoms with van der Waals surface area (Å²) in [6, 6.07) is 0. The predicted molar refractivity (Wildman–Crippen MR) is 409 cm³/mol. The van der Waals surface area contributed by atoms with E-state index >= 15 is 0 Å². The lowest BCUT2D eigenvalue weighted by atomic mass is 10.0. The molecule has 0 aliphatic heterocycles. The molecule has 17 nitrogen and oxygen atoms in total. The van der Waals surface area contributed by atoms with Crippen LogP contribution in [0.5, 0.6) is 0 Å². The molecule has 19 heteroatoms. The third-order valence-corrected chi connectivity index (χ3v) is 20.2. The van der Waals surface area contributed by atoms with Crippen LogP contribution in [0.25, 0.3) is 0 Å². The maximum Gasteiger partial charge on any atom is 0.472 e. The molecule has 0 aliphatic carbocycles. The number of hydrogen-bond donors (Lipinski definition) is 3. The SMILES string of the molecule is CCCCCC/C=C\C=C/CCCCCCCC(=O)OC[C@H](COP(=O)(O)OC[C@@H](O)COP(=O)(O)OC[C@@H](COC(=O)CCCCCCCCCCCCC(C)C)OC(=O)CCCCCCCCCCCCC(C)C)OC(=O)CCCCCCCCCCCCCCCCCCC(C)C. The Balaban J connectivity index is 5.29. The van der Waals surface area contributed by atoms with Crippen LogP contribution in [-0.2, 0) is 65.4 Å². The summed E-state index contributed by atoms with van der Waals surface area (Å²) in [5.74, 6) is 0.174. The molecule has 0 rings (SSSR count). The Bertz CT molecular complexity index is 2030. The number of rotatable bonds is 77. The zero-order chi connectivity index (χ0) is 73.7. The van der Waals surface area contributed by atoms with E-state index in [0.29, 0.717) is 25.7 Å². The molecule has 2 unspecified atom stereocenters. The van der Waals surface area contributed by atoms with Gasteiger partial charge in [-0.15, -0.1) is 0 Å². The number of unbranched alkanes of at least 4 members (excludes halogenated alkanes) is 42. The van der Waals surface area contributed by atoms with Crippen molar-refractivity contribution in [2.24, 2.45) is 17.8 Å². The molecule has 0 aromatic heterocycles. The van der Waals surface area contributed by atoms with E-state index in [0.717, 1.165) is 127 Å². The molecule has 0 aromatic carbocycles. The lowest BCUT2D eigenvalue weighted by Gasteiger charge is -2.21. The molecular weight excluding hydrogens is 1310 g/mol. The van der Waals surface area contributed by atoms with Crippen LogP contribution in [0.3, 0.4) is 0 Å². The summed E-state index contributed by atoms with van der Waals surface area (Å²) in [6.07, 6.45) is 61.8. The van der Waals surface area contributed by atoms with Gasteiger partial charge in [-0.1, -0.05) is 342 Å². The third-order valence-electron chi connectivity index (χ3n) is 18.3. The molecule has 0 aliphatic rings. The van der Waals surface area contributed by atoms with Crippen LogP contribution in [-0.4, -0.2) is 96.7 Å². The van der Waals surface area contributed by atoms with Gasteiger partial charge < -0.3 is 33.8 Å². The maximum atomic E-state index is 13.1. The van der Waals surface area contributed by atoms with Crippen molar-refractivity contribution < 1.29 is 80.2 Å². The van der Waals surface area contributed by atoms with Crippen molar-refractivity contribution in [3.63, 3.8) is 0 Å². The minimum absolute atomic E-state index is 0.101. The molecule has 0 saturated heterocycles. The summed E-state index contributed by atoms with van der Waals surface area (Å²) in [4.78, 5) is 73.0. The molecule has 0 radical (unpaired) electrons. The third kappa shape index (κ3) is 73.8. The summed E-state index contributed by atoms with van der Waals surface area (Å²) in [5.41, 5.74) is 0. The lowest BCUT2D eigenvalue weighted by molar-refractivity contribution is -0.161. The van der Waals surface area contributed by atoms with Crippen LogP contribution in [0, 0.1) is 17.8 Å². The number of phosphoric acid groups is 2. The highest BCUT2D eigenvalue weighted by atomic mass is 31.2. The second-order valence-corrected chi connectivity index (χ2v) is 32.8. The van der Waals surface area contributed by atoms with Gasteiger partial charge in [0.2, 0.25) is 0 Å². The first-order valence-corrected chi connectivity index (χ1v) is 44.2.